The van der Waals surface area contributed by atoms with E-state index in [-0.39, 0.29) is 23.8 Å². The average molecular weight is 317 g/mol. The van der Waals surface area contributed by atoms with Crippen molar-refractivity contribution >= 4 is 15.9 Å². The van der Waals surface area contributed by atoms with E-state index in [4.69, 9.17) is 0 Å². The molecule has 0 atom stereocenters. The molecule has 0 fully saturated rings. The number of nitrogens with one attached hydrogen (secondary N) is 3. The van der Waals surface area contributed by atoms with E-state index in [2.05, 4.69) is 15.4 Å². The minimum Gasteiger partial charge on any atom is -0.355 e. The molecule has 0 aliphatic heterocycles. The van der Waals surface area contributed by atoms with Crippen molar-refractivity contribution in [1.82, 2.24) is 15.4 Å². The zero-order valence-corrected chi connectivity index (χ0v) is 12.7. The lowest BCUT2D eigenvalue weighted by atomic mass is 10.4. The number of benzene rings is 1. The number of sulfonamides is 1. The van der Waals surface area contributed by atoms with Gasteiger partial charge in [0, 0.05) is 26.1 Å². The van der Waals surface area contributed by atoms with Gasteiger partial charge in [0.2, 0.25) is 15.9 Å². The van der Waals surface area contributed by atoms with Crippen LogP contribution >= 0.6 is 0 Å². The molecule has 1 aromatic carbocycles. The fourth-order valence-electron chi connectivity index (χ4n) is 1.55. The van der Waals surface area contributed by atoms with Crippen molar-refractivity contribution in [3.8, 4) is 0 Å². The first-order chi connectivity index (χ1) is 9.95. The van der Waals surface area contributed by atoms with Gasteiger partial charge in [-0.3, -0.25) is 4.79 Å². The van der Waals surface area contributed by atoms with Crippen molar-refractivity contribution in [2.24, 2.45) is 0 Å². The van der Waals surface area contributed by atoms with Crippen molar-refractivity contribution in [2.75, 3.05) is 26.2 Å². The van der Waals surface area contributed by atoms with Crippen LogP contribution in [0.3, 0.4) is 0 Å². The van der Waals surface area contributed by atoms with Crippen LogP contribution in [-0.4, -0.2) is 40.5 Å². The summed E-state index contributed by atoms with van der Waals surface area (Å²) in [5.74, 6) is -0.733. The van der Waals surface area contributed by atoms with Gasteiger partial charge in [-0.1, -0.05) is 6.92 Å². The first-order valence-electron chi connectivity index (χ1n) is 6.68. The summed E-state index contributed by atoms with van der Waals surface area (Å²) in [4.78, 5) is 11.4. The Morgan fingerprint density at radius 3 is 2.43 bits per heavy atom. The lowest BCUT2D eigenvalue weighted by Gasteiger charge is -2.08. The second kappa shape index (κ2) is 8.71. The predicted molar refractivity (Wildman–Crippen MR) is 77.8 cm³/mol. The van der Waals surface area contributed by atoms with Crippen LogP contribution in [0.15, 0.2) is 29.2 Å². The van der Waals surface area contributed by atoms with Crippen LogP contribution in [0.2, 0.25) is 0 Å². The second-order valence-electron chi connectivity index (χ2n) is 4.31. The number of halogens is 1. The third kappa shape index (κ3) is 6.65. The summed E-state index contributed by atoms with van der Waals surface area (Å²) in [6.07, 6.45) is 0.0482. The van der Waals surface area contributed by atoms with Gasteiger partial charge in [0.15, 0.2) is 0 Å². The molecule has 8 heteroatoms. The van der Waals surface area contributed by atoms with Gasteiger partial charge in [-0.15, -0.1) is 0 Å². The average Bonchev–Trinajstić information content (AvgIpc) is 2.44. The smallest absolute Gasteiger partial charge is 0.240 e. The minimum absolute atomic E-state index is 0.00719. The van der Waals surface area contributed by atoms with E-state index in [0.29, 0.717) is 13.1 Å². The molecule has 0 unspecified atom stereocenters. The molecule has 3 N–H and O–H groups in total. The number of likely N-dealkylation sites (N-methyl/N-ethyl adjacent to an activating group) is 1. The molecule has 6 nitrogen and oxygen atoms in total. The first kappa shape index (κ1) is 17.5. The molecule has 0 radical (unpaired) electrons. The fourth-order valence-corrected chi connectivity index (χ4v) is 2.58. The van der Waals surface area contributed by atoms with Crippen molar-refractivity contribution in [2.45, 2.75) is 18.2 Å². The van der Waals surface area contributed by atoms with Crippen LogP contribution in [0.4, 0.5) is 4.39 Å². The third-order valence-corrected chi connectivity index (χ3v) is 4.12. The van der Waals surface area contributed by atoms with E-state index in [1.807, 2.05) is 6.92 Å². The zero-order valence-electron chi connectivity index (χ0n) is 11.9. The van der Waals surface area contributed by atoms with Crippen LogP contribution in [0, 0.1) is 5.82 Å². The van der Waals surface area contributed by atoms with Crippen molar-refractivity contribution < 1.29 is 17.6 Å². The Kier molecular flexibility index (Phi) is 7.27. The molecule has 1 amide bonds. The summed E-state index contributed by atoms with van der Waals surface area (Å²) in [6, 6.07) is 4.49. The fraction of sp³-hybridized carbons (Fsp3) is 0.462. The van der Waals surface area contributed by atoms with Crippen molar-refractivity contribution in [1.29, 1.82) is 0 Å². The summed E-state index contributed by atoms with van der Waals surface area (Å²) in [7, 11) is -3.71. The normalized spacial score (nSPS) is 11.3. The molecule has 0 heterocycles. The van der Waals surface area contributed by atoms with E-state index in [1.165, 1.54) is 12.1 Å². The van der Waals surface area contributed by atoms with Crippen molar-refractivity contribution in [3.63, 3.8) is 0 Å². The third-order valence-electron chi connectivity index (χ3n) is 2.64. The Bertz CT molecular complexity index is 546. The van der Waals surface area contributed by atoms with E-state index >= 15 is 0 Å². The highest BCUT2D eigenvalue weighted by atomic mass is 32.2. The molecule has 0 saturated carbocycles. The molecule has 1 aromatic rings. The van der Waals surface area contributed by atoms with Crippen LogP contribution in [0.5, 0.6) is 0 Å². The molecule has 21 heavy (non-hydrogen) atoms. The van der Waals surface area contributed by atoms with Gasteiger partial charge >= 0.3 is 0 Å². The lowest BCUT2D eigenvalue weighted by molar-refractivity contribution is -0.120. The number of rotatable bonds is 9. The minimum atomic E-state index is -3.71. The molecule has 0 aliphatic rings. The molecule has 0 saturated heterocycles. The topological polar surface area (TPSA) is 87.3 Å². The second-order valence-corrected chi connectivity index (χ2v) is 6.07. The first-order valence-corrected chi connectivity index (χ1v) is 8.16. The number of carbonyl (C=O) groups is 1. The lowest BCUT2D eigenvalue weighted by Crippen LogP contribution is -2.34. The SMILES string of the molecule is CCNCCNC(=O)CCNS(=O)(=O)c1ccc(F)cc1. The van der Waals surface area contributed by atoms with E-state index in [1.54, 1.807) is 0 Å². The molecular weight excluding hydrogens is 297 g/mol. The van der Waals surface area contributed by atoms with Gasteiger partial charge in [0.1, 0.15) is 5.82 Å². The Morgan fingerprint density at radius 2 is 1.81 bits per heavy atom. The van der Waals surface area contributed by atoms with E-state index in [9.17, 15) is 17.6 Å². The number of carbonyl (C=O) groups excluding carboxylic acids is 1. The van der Waals surface area contributed by atoms with Gasteiger partial charge < -0.3 is 10.6 Å². The monoisotopic (exact) mass is 317 g/mol. The van der Waals surface area contributed by atoms with Gasteiger partial charge in [-0.25, -0.2) is 17.5 Å². The van der Waals surface area contributed by atoms with Crippen LogP contribution in [0.25, 0.3) is 0 Å². The van der Waals surface area contributed by atoms with Gasteiger partial charge in [-0.2, -0.15) is 0 Å². The highest BCUT2D eigenvalue weighted by Gasteiger charge is 2.13. The Balaban J connectivity index is 2.34. The molecule has 118 valence electrons. The highest BCUT2D eigenvalue weighted by Crippen LogP contribution is 2.09. The number of amides is 1. The van der Waals surface area contributed by atoms with E-state index in [0.717, 1.165) is 18.7 Å². The Hall–Kier alpha value is -1.51. The predicted octanol–water partition coefficient (Wildman–Crippen LogP) is 0.220. The summed E-state index contributed by atoms with van der Waals surface area (Å²) in [5.41, 5.74) is 0. The van der Waals surface area contributed by atoms with Gasteiger partial charge in [0.25, 0.3) is 0 Å². The number of hydrogen-bond acceptors (Lipinski definition) is 4. The van der Waals surface area contributed by atoms with Gasteiger partial charge in [0.05, 0.1) is 4.90 Å². The highest BCUT2D eigenvalue weighted by molar-refractivity contribution is 7.89. The standard InChI is InChI=1S/C13H20FN3O3S/c1-2-15-9-10-16-13(18)7-8-17-21(19,20)12-5-3-11(14)4-6-12/h3-6,15,17H,2,7-10H2,1H3,(H,16,18). The van der Waals surface area contributed by atoms with Crippen LogP contribution in [-0.2, 0) is 14.8 Å². The maximum atomic E-state index is 12.7. The maximum Gasteiger partial charge on any atom is 0.240 e. The summed E-state index contributed by atoms with van der Waals surface area (Å²) >= 11 is 0. The Labute approximate surface area is 124 Å². The van der Waals surface area contributed by atoms with Crippen LogP contribution < -0.4 is 15.4 Å². The summed E-state index contributed by atoms with van der Waals surface area (Å²) in [5, 5.41) is 5.72. The molecular formula is C13H20FN3O3S. The molecule has 0 bridgehead atoms. The van der Waals surface area contributed by atoms with Gasteiger partial charge in [-0.05, 0) is 30.8 Å². The summed E-state index contributed by atoms with van der Waals surface area (Å²) < 4.78 is 38.7. The summed E-state index contributed by atoms with van der Waals surface area (Å²) in [6.45, 7) is 3.95. The van der Waals surface area contributed by atoms with Crippen LogP contribution in [0.1, 0.15) is 13.3 Å². The molecule has 0 spiro atoms. The molecule has 0 aromatic heterocycles. The molecule has 0 aliphatic carbocycles. The Morgan fingerprint density at radius 1 is 1.14 bits per heavy atom. The van der Waals surface area contributed by atoms with Crippen molar-refractivity contribution in [3.05, 3.63) is 30.1 Å². The largest absolute Gasteiger partial charge is 0.355 e. The zero-order chi connectivity index (χ0) is 15.7. The molecule has 1 rings (SSSR count). The number of hydrogen-bond donors (Lipinski definition) is 3. The maximum absolute atomic E-state index is 12.7. The quantitative estimate of drug-likeness (QED) is 0.569. The van der Waals surface area contributed by atoms with E-state index < -0.39 is 15.8 Å².